The Morgan fingerprint density at radius 3 is 2.42 bits per heavy atom. The van der Waals surface area contributed by atoms with Gasteiger partial charge in [0.25, 0.3) is 0 Å². The number of rotatable bonds is 2. The van der Waals surface area contributed by atoms with Crippen molar-refractivity contribution in [2.45, 2.75) is 76.4 Å². The molecule has 7 aliphatic rings. The van der Waals surface area contributed by atoms with Gasteiger partial charge in [0.05, 0.1) is 11.5 Å². The molecule has 4 aliphatic carbocycles. The lowest BCUT2D eigenvalue weighted by Crippen LogP contribution is -2.61. The molecule has 8 nitrogen and oxygen atoms in total. The van der Waals surface area contributed by atoms with Crippen LogP contribution in [-0.4, -0.2) is 77.6 Å². The van der Waals surface area contributed by atoms with Gasteiger partial charge in [-0.2, -0.15) is 0 Å². The molecule has 0 aromatic carbocycles. The van der Waals surface area contributed by atoms with E-state index >= 15 is 0 Å². The Morgan fingerprint density at radius 2 is 1.76 bits per heavy atom. The molecule has 3 aliphatic heterocycles. The van der Waals surface area contributed by atoms with Crippen LogP contribution in [0.2, 0.25) is 0 Å². The van der Waals surface area contributed by atoms with Crippen LogP contribution in [0.1, 0.15) is 64.2 Å². The molecule has 3 heterocycles. The molecule has 182 valence electrons. The van der Waals surface area contributed by atoms with Crippen molar-refractivity contribution in [1.29, 1.82) is 0 Å². The highest BCUT2D eigenvalue weighted by Gasteiger charge is 2.58. The highest BCUT2D eigenvalue weighted by molar-refractivity contribution is 5.84. The maximum absolute atomic E-state index is 13.5. The van der Waals surface area contributed by atoms with Crippen LogP contribution in [0.15, 0.2) is 0 Å². The van der Waals surface area contributed by atoms with E-state index in [1.54, 1.807) is 0 Å². The van der Waals surface area contributed by atoms with Crippen molar-refractivity contribution in [1.82, 2.24) is 20.4 Å². The van der Waals surface area contributed by atoms with E-state index in [9.17, 15) is 19.5 Å². The highest BCUT2D eigenvalue weighted by atomic mass is 16.3. The van der Waals surface area contributed by atoms with E-state index in [-0.39, 0.29) is 40.8 Å². The van der Waals surface area contributed by atoms with Gasteiger partial charge in [-0.05, 0) is 81.0 Å². The first-order valence-electron chi connectivity index (χ1n) is 13.1. The van der Waals surface area contributed by atoms with Crippen molar-refractivity contribution >= 4 is 17.8 Å². The maximum atomic E-state index is 13.5. The summed E-state index contributed by atoms with van der Waals surface area (Å²) in [6.07, 6.45) is 8.76. The Bertz CT molecular complexity index is 822. The zero-order chi connectivity index (χ0) is 22.8. The van der Waals surface area contributed by atoms with Crippen LogP contribution >= 0.6 is 0 Å². The van der Waals surface area contributed by atoms with E-state index in [0.29, 0.717) is 43.8 Å². The molecule has 3 N–H and O–H groups in total. The van der Waals surface area contributed by atoms with Crippen LogP contribution in [0.3, 0.4) is 0 Å². The molecule has 2 unspecified atom stereocenters. The van der Waals surface area contributed by atoms with Crippen LogP contribution in [0.25, 0.3) is 0 Å². The van der Waals surface area contributed by atoms with E-state index in [4.69, 9.17) is 0 Å². The third kappa shape index (κ3) is 3.72. The monoisotopic (exact) mass is 458 g/mol. The Labute approximate surface area is 195 Å². The molecule has 7 rings (SSSR count). The van der Waals surface area contributed by atoms with Gasteiger partial charge in [0.2, 0.25) is 11.8 Å². The molecule has 0 aromatic rings. The van der Waals surface area contributed by atoms with E-state index in [1.807, 2.05) is 9.80 Å². The first-order chi connectivity index (χ1) is 15.8. The fraction of sp³-hybridized carbons (Fsp3) is 0.880. The van der Waals surface area contributed by atoms with Gasteiger partial charge >= 0.3 is 6.03 Å². The van der Waals surface area contributed by atoms with E-state index in [0.717, 1.165) is 70.9 Å². The minimum Gasteiger partial charge on any atom is -0.393 e. The van der Waals surface area contributed by atoms with Crippen molar-refractivity contribution in [3.63, 3.8) is 0 Å². The Balaban J connectivity index is 1.05. The molecule has 3 atom stereocenters. The number of hydrogen-bond acceptors (Lipinski definition) is 4. The van der Waals surface area contributed by atoms with Gasteiger partial charge in [0.1, 0.15) is 0 Å². The number of hydrogen-bond donors (Lipinski definition) is 3. The van der Waals surface area contributed by atoms with Gasteiger partial charge in [-0.1, -0.05) is 0 Å². The number of likely N-dealkylation sites (tertiary alicyclic amines) is 2. The van der Waals surface area contributed by atoms with E-state index in [2.05, 4.69) is 10.6 Å². The van der Waals surface area contributed by atoms with Gasteiger partial charge < -0.3 is 25.5 Å². The maximum Gasteiger partial charge on any atom is 0.320 e. The molecule has 0 aromatic heterocycles. The van der Waals surface area contributed by atoms with Crippen LogP contribution in [-0.2, 0) is 9.59 Å². The molecular weight excluding hydrogens is 420 g/mol. The predicted octanol–water partition coefficient (Wildman–Crippen LogP) is 1.48. The minimum absolute atomic E-state index is 0.0147. The number of piperidine rings is 2. The molecule has 3 saturated heterocycles. The van der Waals surface area contributed by atoms with E-state index < -0.39 is 0 Å². The molecule has 8 heteroatoms. The number of nitrogens with zero attached hydrogens (tertiary/aromatic N) is 2. The zero-order valence-corrected chi connectivity index (χ0v) is 19.6. The largest absolute Gasteiger partial charge is 0.393 e. The minimum atomic E-state index is -0.296. The lowest BCUT2D eigenvalue weighted by atomic mass is 9.48. The van der Waals surface area contributed by atoms with Gasteiger partial charge in [0, 0.05) is 45.2 Å². The van der Waals surface area contributed by atoms with Crippen molar-refractivity contribution in [2.75, 3.05) is 32.7 Å². The fourth-order valence-electron chi connectivity index (χ4n) is 8.36. The quantitative estimate of drug-likeness (QED) is 0.583. The Morgan fingerprint density at radius 1 is 1.03 bits per heavy atom. The van der Waals surface area contributed by atoms with Crippen molar-refractivity contribution in [3.8, 4) is 0 Å². The third-order valence-corrected chi connectivity index (χ3v) is 10.0. The summed E-state index contributed by atoms with van der Waals surface area (Å²) >= 11 is 0. The average molecular weight is 459 g/mol. The number of amides is 4. The van der Waals surface area contributed by atoms with Crippen LogP contribution in [0.5, 0.6) is 0 Å². The SMILES string of the molecule is O=C1CC2(CCN(C(=O)N3CCC[C@H](NC(=O)C45CC6CC(C4)C(O)C(C6)C5)C3)CC2)CN1. The lowest BCUT2D eigenvalue weighted by Gasteiger charge is -2.58. The number of carbonyl (C=O) groups excluding carboxylic acids is 3. The standard InChI is InChI=1S/C25H38N4O4/c30-20-13-24(15-26-20)3-6-28(7-4-24)23(33)29-5-1-2-19(14-29)27-22(32)25-10-16-8-17(11-25)21(31)18(9-16)12-25/h16-19,21,31H,1-15H2,(H,26,30)(H,27,32)/t16?,17?,18?,19-,21?,25?/m0/s1. The van der Waals surface area contributed by atoms with Gasteiger partial charge in [-0.15, -0.1) is 0 Å². The smallest absolute Gasteiger partial charge is 0.320 e. The summed E-state index contributed by atoms with van der Waals surface area (Å²) in [6, 6.07) is 0.0972. The molecule has 4 saturated carbocycles. The van der Waals surface area contributed by atoms with Crippen molar-refractivity contribution in [2.24, 2.45) is 28.6 Å². The summed E-state index contributed by atoms with van der Waals surface area (Å²) in [6.45, 7) is 3.48. The predicted molar refractivity (Wildman–Crippen MR) is 121 cm³/mol. The van der Waals surface area contributed by atoms with Crippen molar-refractivity contribution in [3.05, 3.63) is 0 Å². The summed E-state index contributed by atoms with van der Waals surface area (Å²) in [5.41, 5.74) is -0.256. The normalized spacial score (nSPS) is 41.4. The Hall–Kier alpha value is -1.83. The van der Waals surface area contributed by atoms with E-state index in [1.165, 1.54) is 0 Å². The first kappa shape index (κ1) is 21.7. The number of urea groups is 1. The number of nitrogens with one attached hydrogen (secondary N) is 2. The zero-order valence-electron chi connectivity index (χ0n) is 19.6. The number of carbonyl (C=O) groups is 3. The lowest BCUT2D eigenvalue weighted by molar-refractivity contribution is -0.164. The average Bonchev–Trinajstić information content (AvgIpc) is 3.16. The summed E-state index contributed by atoms with van der Waals surface area (Å²) in [5, 5.41) is 16.8. The summed E-state index contributed by atoms with van der Waals surface area (Å²) in [5.74, 6) is 1.48. The summed E-state index contributed by atoms with van der Waals surface area (Å²) in [7, 11) is 0. The second-order valence-electron chi connectivity index (χ2n) is 12.2. The first-order valence-corrected chi connectivity index (χ1v) is 13.1. The van der Waals surface area contributed by atoms with Crippen LogP contribution < -0.4 is 10.6 Å². The summed E-state index contributed by atoms with van der Waals surface area (Å²) in [4.78, 5) is 42.3. The topological polar surface area (TPSA) is 102 Å². The summed E-state index contributed by atoms with van der Waals surface area (Å²) < 4.78 is 0. The third-order valence-electron chi connectivity index (χ3n) is 10.0. The molecule has 4 amide bonds. The Kier molecular flexibility index (Phi) is 5.16. The second-order valence-corrected chi connectivity index (χ2v) is 12.2. The molecule has 7 fully saturated rings. The molecule has 1 spiro atoms. The van der Waals surface area contributed by atoms with Crippen molar-refractivity contribution < 1.29 is 19.5 Å². The number of aliphatic hydroxyl groups excluding tert-OH is 1. The fourth-order valence-corrected chi connectivity index (χ4v) is 8.36. The number of aliphatic hydroxyl groups is 1. The van der Waals surface area contributed by atoms with Gasteiger partial charge in [0.15, 0.2) is 0 Å². The molecule has 33 heavy (non-hydrogen) atoms. The van der Waals surface area contributed by atoms with Gasteiger partial charge in [-0.25, -0.2) is 4.79 Å². The van der Waals surface area contributed by atoms with Crippen LogP contribution in [0.4, 0.5) is 4.79 Å². The molecule has 4 bridgehead atoms. The van der Waals surface area contributed by atoms with Gasteiger partial charge in [-0.3, -0.25) is 9.59 Å². The molecule has 0 radical (unpaired) electrons. The highest BCUT2D eigenvalue weighted by Crippen LogP contribution is 2.60. The second kappa shape index (κ2) is 7.85. The molecular formula is C25H38N4O4. The van der Waals surface area contributed by atoms with Crippen LogP contribution in [0, 0.1) is 28.6 Å².